The van der Waals surface area contributed by atoms with Crippen LogP contribution in [0.15, 0.2) is 84.9 Å². The van der Waals surface area contributed by atoms with Crippen LogP contribution in [-0.2, 0) is 47.7 Å². The van der Waals surface area contributed by atoms with Crippen molar-refractivity contribution >= 4 is 36.7 Å². The molecular weight excluding hydrogens is 923 g/mol. The van der Waals surface area contributed by atoms with Crippen LogP contribution in [0.3, 0.4) is 0 Å². The lowest BCUT2D eigenvalue weighted by atomic mass is 9.43. The molecule has 5 amide bonds. The third kappa shape index (κ3) is 12.0. The molecule has 0 aromatic heterocycles. The first-order valence-electron chi connectivity index (χ1n) is 24.5. The van der Waals surface area contributed by atoms with Crippen molar-refractivity contribution in [2.75, 3.05) is 6.54 Å². The van der Waals surface area contributed by atoms with Crippen molar-refractivity contribution in [3.63, 3.8) is 0 Å². The number of aryl methyl sites for hydroxylation is 1. The summed E-state index contributed by atoms with van der Waals surface area (Å²) in [4.78, 5) is 69.4. The van der Waals surface area contributed by atoms with E-state index in [1.165, 1.54) is 42.0 Å². The summed E-state index contributed by atoms with van der Waals surface area (Å²) in [5.41, 5.74) is 22.1. The average Bonchev–Trinajstić information content (AvgIpc) is 3.72. The lowest BCUT2D eigenvalue weighted by Crippen LogP contribution is -2.65. The Morgan fingerprint density at radius 2 is 1.19 bits per heavy atom. The maximum Gasteiger partial charge on any atom is 0.497 e. The second-order valence-corrected chi connectivity index (χ2v) is 20.0. The highest BCUT2D eigenvalue weighted by Crippen LogP contribution is 2.65. The fraction of sp³-hybridized carbons (Fsp3) is 0.442. The van der Waals surface area contributed by atoms with Gasteiger partial charge in [-0.15, -0.1) is 0 Å². The van der Waals surface area contributed by atoms with Crippen molar-refractivity contribution in [1.82, 2.24) is 26.6 Å². The molecule has 1 heterocycles. The summed E-state index contributed by atoms with van der Waals surface area (Å²) >= 11 is 0. The van der Waals surface area contributed by atoms with Crippen molar-refractivity contribution < 1.29 is 53.7 Å². The molecule has 3 aliphatic carbocycles. The molecule has 1 aliphatic heterocycles. The molecule has 4 fully saturated rings. The Morgan fingerprint density at radius 1 is 0.667 bits per heavy atom. The van der Waals surface area contributed by atoms with Crippen molar-refractivity contribution in [3.8, 4) is 34.1 Å². The largest absolute Gasteiger partial charge is 0.504 e. The number of hydrogen-bond donors (Lipinski definition) is 12. The van der Waals surface area contributed by atoms with E-state index in [2.05, 4.69) is 59.5 Å². The number of phenols is 4. The first-order valence-corrected chi connectivity index (χ1v) is 24.5. The predicted molar refractivity (Wildman–Crippen MR) is 269 cm³/mol. The number of phenolic OH excluding ortho intramolecular Hbond substituents is 4. The zero-order chi connectivity index (χ0) is 52.1. The average molecular weight is 991 g/mol. The number of amides is 5. The normalized spacial score (nSPS) is 21.7. The van der Waals surface area contributed by atoms with Gasteiger partial charge in [0.1, 0.15) is 24.2 Å². The van der Waals surface area contributed by atoms with Crippen molar-refractivity contribution in [3.05, 3.63) is 107 Å². The molecule has 2 bridgehead atoms. The van der Waals surface area contributed by atoms with Gasteiger partial charge in [0.15, 0.2) is 29.2 Å². The Hall–Kier alpha value is -6.71. The Morgan fingerprint density at radius 3 is 1.74 bits per heavy atom. The van der Waals surface area contributed by atoms with Crippen LogP contribution in [0.25, 0.3) is 11.1 Å². The SMILES string of the molecule is CCCCc1ccc(-c2ccc(C(=O)N[C@@H](CCN)C(=O)N[C@@H](Cc3ccc(O)c(O)c3)C(=O)N[C@@H](N)C(=O)NC(Cc3ccc(O)c(O)c3)C(=O)N[C@@H](N)B3OC4C[C@@H]5C[C@@H](C5(C)C)[C@]4(C)O3)cc2)cc1. The second kappa shape index (κ2) is 22.4. The molecule has 4 aromatic rings. The molecule has 0 radical (unpaired) electrons. The number of unbranched alkanes of at least 4 members (excludes halogenated alkanes) is 1. The lowest BCUT2D eigenvalue weighted by molar-refractivity contribution is -0.199. The minimum absolute atomic E-state index is 0.0253. The monoisotopic (exact) mass is 991 g/mol. The number of hydrogen-bond acceptors (Lipinski definition) is 14. The lowest BCUT2D eigenvalue weighted by Gasteiger charge is -2.64. The zero-order valence-electron chi connectivity index (χ0n) is 41.0. The molecule has 384 valence electrons. The Kier molecular flexibility index (Phi) is 16.5. The summed E-state index contributed by atoms with van der Waals surface area (Å²) in [6.45, 7) is 8.54. The quantitative estimate of drug-likeness (QED) is 0.0325. The fourth-order valence-electron chi connectivity index (χ4n) is 10.3. The van der Waals surface area contributed by atoms with Gasteiger partial charge in [0.25, 0.3) is 11.8 Å². The van der Waals surface area contributed by atoms with Crippen molar-refractivity contribution in [1.29, 1.82) is 0 Å². The van der Waals surface area contributed by atoms with Gasteiger partial charge in [-0.2, -0.15) is 0 Å². The zero-order valence-corrected chi connectivity index (χ0v) is 41.0. The fourth-order valence-corrected chi connectivity index (χ4v) is 10.3. The highest BCUT2D eigenvalue weighted by molar-refractivity contribution is 6.47. The Labute approximate surface area is 419 Å². The standard InChI is InChI=1S/C52H67BN8O11/c1-5-6-7-28-8-12-31(13-9-28)32-14-16-33(17-15-32)45(66)57-35(20-21-54)46(67)58-36(22-29-10-18-38(62)40(64)24-29)47(68)60-44(55)49(70)59-37(23-30-11-19-39(63)41(65)25-30)48(69)61-50(56)53-71-43-27-34-26-42(51(34,2)3)52(43,4)72-53/h8-19,24-25,34-37,42-44,50,62-65H,5-7,20-23,26-27,54-56H2,1-4H3,(H,57,66)(H,58,67)(H,59,70)(H,60,68)(H,61,69)/t34-,35-,36-,37?,42-,43?,44+,50+,52-/m0/s1. The number of aromatic hydroxyl groups is 4. The molecule has 3 saturated carbocycles. The molecule has 2 unspecified atom stereocenters. The minimum Gasteiger partial charge on any atom is -0.504 e. The Balaban J connectivity index is 1.03. The number of rotatable bonds is 21. The number of carbonyl (C=O) groups is 5. The molecule has 20 heteroatoms. The van der Waals surface area contributed by atoms with E-state index in [1.807, 2.05) is 19.1 Å². The molecule has 15 N–H and O–H groups in total. The highest BCUT2D eigenvalue weighted by atomic mass is 16.7. The van der Waals surface area contributed by atoms with Gasteiger partial charge in [-0.25, -0.2) is 0 Å². The number of nitrogens with one attached hydrogen (secondary N) is 5. The summed E-state index contributed by atoms with van der Waals surface area (Å²) in [5.74, 6) is -5.29. The van der Waals surface area contributed by atoms with Gasteiger partial charge in [-0.3, -0.25) is 24.0 Å². The highest BCUT2D eigenvalue weighted by Gasteiger charge is 2.68. The molecular formula is C52H67BN8O11. The second-order valence-electron chi connectivity index (χ2n) is 20.0. The van der Waals surface area contributed by atoms with Crippen LogP contribution in [-0.4, -0.2) is 106 Å². The summed E-state index contributed by atoms with van der Waals surface area (Å²) in [6.07, 6.45) is 2.35. The van der Waals surface area contributed by atoms with E-state index in [1.54, 1.807) is 24.3 Å². The minimum atomic E-state index is -1.83. The van der Waals surface area contributed by atoms with Gasteiger partial charge >= 0.3 is 7.12 Å². The van der Waals surface area contributed by atoms with Crippen LogP contribution in [0.4, 0.5) is 0 Å². The molecule has 9 atom stereocenters. The number of carbonyl (C=O) groups excluding carboxylic acids is 5. The van der Waals surface area contributed by atoms with Crippen LogP contribution in [0, 0.1) is 17.3 Å². The van der Waals surface area contributed by atoms with Crippen LogP contribution in [0.2, 0.25) is 0 Å². The van der Waals surface area contributed by atoms with Gasteiger partial charge in [-0.05, 0) is 127 Å². The summed E-state index contributed by atoms with van der Waals surface area (Å²) in [5, 5.41) is 53.3. The summed E-state index contributed by atoms with van der Waals surface area (Å²) in [6, 6.07) is 17.4. The van der Waals surface area contributed by atoms with E-state index < -0.39 is 95.6 Å². The third-order valence-corrected chi connectivity index (χ3v) is 14.7. The van der Waals surface area contributed by atoms with Crippen molar-refractivity contribution in [2.24, 2.45) is 34.5 Å². The van der Waals surface area contributed by atoms with Crippen LogP contribution >= 0.6 is 0 Å². The van der Waals surface area contributed by atoms with Gasteiger partial charge in [-0.1, -0.05) is 75.7 Å². The number of nitrogens with two attached hydrogens (primary N) is 3. The molecule has 0 spiro atoms. The molecule has 72 heavy (non-hydrogen) atoms. The van der Waals surface area contributed by atoms with Crippen LogP contribution in [0.5, 0.6) is 23.0 Å². The van der Waals surface area contributed by atoms with E-state index >= 15 is 0 Å². The van der Waals surface area contributed by atoms with E-state index in [-0.39, 0.29) is 54.4 Å². The van der Waals surface area contributed by atoms with E-state index in [0.717, 1.165) is 43.2 Å². The number of benzene rings is 4. The molecule has 1 saturated heterocycles. The maximum absolute atomic E-state index is 14.1. The first kappa shape index (κ1) is 53.1. The van der Waals surface area contributed by atoms with Crippen LogP contribution in [0.1, 0.15) is 86.8 Å². The van der Waals surface area contributed by atoms with Crippen molar-refractivity contribution in [2.45, 2.75) is 121 Å². The van der Waals surface area contributed by atoms with Gasteiger partial charge in [0.2, 0.25) is 17.7 Å². The van der Waals surface area contributed by atoms with E-state index in [0.29, 0.717) is 11.5 Å². The topological polar surface area (TPSA) is 323 Å². The molecule has 19 nitrogen and oxygen atoms in total. The van der Waals surface area contributed by atoms with Gasteiger partial charge in [0.05, 0.1) is 11.7 Å². The maximum atomic E-state index is 14.1. The summed E-state index contributed by atoms with van der Waals surface area (Å²) < 4.78 is 12.7. The third-order valence-electron chi connectivity index (χ3n) is 14.7. The molecule has 4 aliphatic rings. The summed E-state index contributed by atoms with van der Waals surface area (Å²) in [7, 11) is -1.01. The molecule has 8 rings (SSSR count). The van der Waals surface area contributed by atoms with Crippen LogP contribution < -0.4 is 43.8 Å². The predicted octanol–water partition coefficient (Wildman–Crippen LogP) is 2.49. The Bertz CT molecular complexity index is 2620. The van der Waals surface area contributed by atoms with Gasteiger partial charge < -0.3 is 73.5 Å². The smallest absolute Gasteiger partial charge is 0.497 e. The molecule has 4 aromatic carbocycles. The first-order chi connectivity index (χ1) is 34.2. The van der Waals surface area contributed by atoms with E-state index in [4.69, 9.17) is 26.5 Å². The van der Waals surface area contributed by atoms with Gasteiger partial charge in [0, 0.05) is 18.4 Å². The van der Waals surface area contributed by atoms with E-state index in [9.17, 15) is 44.4 Å².